The molecule has 1 atom stereocenters. The summed E-state index contributed by atoms with van der Waals surface area (Å²) >= 11 is 0. The Morgan fingerprint density at radius 2 is 1.95 bits per heavy atom. The van der Waals surface area contributed by atoms with Crippen LogP contribution in [0.1, 0.15) is 24.2 Å². The SMILES string of the molecule is CC(O)c1ccc(C#N)cc1Oc1cccc(N(C)C)c1. The molecule has 4 heteroatoms. The highest BCUT2D eigenvalue weighted by Gasteiger charge is 2.11. The molecule has 0 spiro atoms. The first kappa shape index (κ1) is 14.9. The number of rotatable bonds is 4. The Balaban J connectivity index is 2.38. The van der Waals surface area contributed by atoms with Crippen LogP contribution in [0.5, 0.6) is 11.5 Å². The van der Waals surface area contributed by atoms with Crippen LogP contribution in [0, 0.1) is 11.3 Å². The van der Waals surface area contributed by atoms with Crippen molar-refractivity contribution >= 4 is 5.69 Å². The molecular weight excluding hydrogens is 264 g/mol. The van der Waals surface area contributed by atoms with Gasteiger partial charge >= 0.3 is 0 Å². The summed E-state index contributed by atoms with van der Waals surface area (Å²) in [4.78, 5) is 1.98. The zero-order chi connectivity index (χ0) is 15.4. The maximum absolute atomic E-state index is 9.82. The fourth-order valence-corrected chi connectivity index (χ4v) is 1.99. The number of aliphatic hydroxyl groups excluding tert-OH is 1. The number of aliphatic hydroxyl groups is 1. The molecule has 0 aliphatic rings. The van der Waals surface area contributed by atoms with Gasteiger partial charge < -0.3 is 14.7 Å². The van der Waals surface area contributed by atoms with E-state index < -0.39 is 6.10 Å². The summed E-state index contributed by atoms with van der Waals surface area (Å²) in [5.74, 6) is 1.16. The van der Waals surface area contributed by atoms with Crippen LogP contribution in [0.3, 0.4) is 0 Å². The maximum atomic E-state index is 9.82. The number of benzene rings is 2. The van der Waals surface area contributed by atoms with Gasteiger partial charge in [-0.25, -0.2) is 0 Å². The molecule has 0 amide bonds. The van der Waals surface area contributed by atoms with Crippen molar-refractivity contribution in [3.8, 4) is 17.6 Å². The van der Waals surface area contributed by atoms with Gasteiger partial charge in [0, 0.05) is 31.4 Å². The Morgan fingerprint density at radius 3 is 2.57 bits per heavy atom. The normalized spacial score (nSPS) is 11.6. The lowest BCUT2D eigenvalue weighted by Crippen LogP contribution is -2.08. The Labute approximate surface area is 124 Å². The van der Waals surface area contributed by atoms with Gasteiger partial charge in [-0.3, -0.25) is 0 Å². The average molecular weight is 282 g/mol. The van der Waals surface area contributed by atoms with Crippen molar-refractivity contribution in [2.24, 2.45) is 0 Å². The first-order valence-corrected chi connectivity index (χ1v) is 6.68. The second-order valence-corrected chi connectivity index (χ2v) is 5.03. The molecule has 21 heavy (non-hydrogen) atoms. The molecule has 1 unspecified atom stereocenters. The van der Waals surface area contributed by atoms with Gasteiger partial charge in [-0.1, -0.05) is 12.1 Å². The van der Waals surface area contributed by atoms with Gasteiger partial charge in [-0.05, 0) is 31.2 Å². The van der Waals surface area contributed by atoms with Crippen LogP contribution in [-0.4, -0.2) is 19.2 Å². The fraction of sp³-hybridized carbons (Fsp3) is 0.235. The first-order chi connectivity index (χ1) is 10.0. The summed E-state index contributed by atoms with van der Waals surface area (Å²) in [5.41, 5.74) is 2.17. The predicted octanol–water partition coefficient (Wildman–Crippen LogP) is 3.47. The van der Waals surface area contributed by atoms with E-state index >= 15 is 0 Å². The van der Waals surface area contributed by atoms with Crippen LogP contribution in [0.15, 0.2) is 42.5 Å². The minimum atomic E-state index is -0.662. The Morgan fingerprint density at radius 1 is 1.19 bits per heavy atom. The van der Waals surface area contributed by atoms with Crippen molar-refractivity contribution in [3.63, 3.8) is 0 Å². The molecule has 0 saturated heterocycles. The lowest BCUT2D eigenvalue weighted by atomic mass is 10.1. The van der Waals surface area contributed by atoms with E-state index in [1.807, 2.05) is 43.3 Å². The second-order valence-electron chi connectivity index (χ2n) is 5.03. The monoisotopic (exact) mass is 282 g/mol. The number of ether oxygens (including phenoxy) is 1. The maximum Gasteiger partial charge on any atom is 0.134 e. The van der Waals surface area contributed by atoms with E-state index in [0.29, 0.717) is 22.6 Å². The molecule has 0 heterocycles. The molecule has 2 aromatic rings. The molecule has 0 aliphatic carbocycles. The molecule has 2 rings (SSSR count). The van der Waals surface area contributed by atoms with Crippen molar-refractivity contribution in [3.05, 3.63) is 53.6 Å². The van der Waals surface area contributed by atoms with E-state index in [9.17, 15) is 5.11 Å². The van der Waals surface area contributed by atoms with Gasteiger partial charge in [0.25, 0.3) is 0 Å². The van der Waals surface area contributed by atoms with Crippen LogP contribution in [0.2, 0.25) is 0 Å². The lowest BCUT2D eigenvalue weighted by molar-refractivity contribution is 0.195. The Hall–Kier alpha value is -2.51. The summed E-state index contributed by atoms with van der Waals surface area (Å²) in [6.07, 6.45) is -0.662. The summed E-state index contributed by atoms with van der Waals surface area (Å²) < 4.78 is 5.87. The fourth-order valence-electron chi connectivity index (χ4n) is 1.99. The first-order valence-electron chi connectivity index (χ1n) is 6.68. The lowest BCUT2D eigenvalue weighted by Gasteiger charge is -2.16. The molecule has 108 valence electrons. The zero-order valence-corrected chi connectivity index (χ0v) is 12.4. The largest absolute Gasteiger partial charge is 0.457 e. The van der Waals surface area contributed by atoms with Crippen LogP contribution in [0.25, 0.3) is 0 Å². The van der Waals surface area contributed by atoms with Crippen molar-refractivity contribution < 1.29 is 9.84 Å². The Bertz CT molecular complexity index is 673. The molecule has 0 aliphatic heterocycles. The number of nitriles is 1. The minimum absolute atomic E-state index is 0.498. The van der Waals surface area contributed by atoms with Crippen LogP contribution >= 0.6 is 0 Å². The van der Waals surface area contributed by atoms with Crippen LogP contribution in [0.4, 0.5) is 5.69 Å². The number of anilines is 1. The summed E-state index contributed by atoms with van der Waals surface area (Å²) in [5, 5.41) is 18.8. The molecule has 0 fully saturated rings. The van der Waals surface area contributed by atoms with E-state index in [1.165, 1.54) is 0 Å². The molecule has 4 nitrogen and oxygen atoms in total. The van der Waals surface area contributed by atoms with Crippen molar-refractivity contribution in [2.45, 2.75) is 13.0 Å². The van der Waals surface area contributed by atoms with Crippen LogP contribution < -0.4 is 9.64 Å². The highest BCUT2D eigenvalue weighted by Crippen LogP contribution is 2.32. The molecule has 0 radical (unpaired) electrons. The van der Waals surface area contributed by atoms with E-state index in [2.05, 4.69) is 6.07 Å². The quantitative estimate of drug-likeness (QED) is 0.933. The summed E-state index contributed by atoms with van der Waals surface area (Å²) in [6.45, 7) is 1.67. The molecule has 2 aromatic carbocycles. The van der Waals surface area contributed by atoms with Gasteiger partial charge in [0.15, 0.2) is 0 Å². The van der Waals surface area contributed by atoms with Crippen molar-refractivity contribution in [2.75, 3.05) is 19.0 Å². The average Bonchev–Trinajstić information content (AvgIpc) is 2.47. The van der Waals surface area contributed by atoms with E-state index in [1.54, 1.807) is 25.1 Å². The van der Waals surface area contributed by atoms with E-state index in [-0.39, 0.29) is 0 Å². The molecule has 0 saturated carbocycles. The van der Waals surface area contributed by atoms with Crippen LogP contribution in [-0.2, 0) is 0 Å². The third-order valence-electron chi connectivity index (χ3n) is 3.15. The van der Waals surface area contributed by atoms with Crippen molar-refractivity contribution in [1.29, 1.82) is 5.26 Å². The Kier molecular flexibility index (Phi) is 4.46. The van der Waals surface area contributed by atoms with E-state index in [0.717, 1.165) is 5.69 Å². The van der Waals surface area contributed by atoms with Gasteiger partial charge in [0.1, 0.15) is 11.5 Å². The van der Waals surface area contributed by atoms with Gasteiger partial charge in [0.05, 0.1) is 17.7 Å². The third kappa shape index (κ3) is 3.53. The zero-order valence-electron chi connectivity index (χ0n) is 12.4. The van der Waals surface area contributed by atoms with Gasteiger partial charge in [-0.15, -0.1) is 0 Å². The second kappa shape index (κ2) is 6.29. The highest BCUT2D eigenvalue weighted by atomic mass is 16.5. The number of nitrogens with zero attached hydrogens (tertiary/aromatic N) is 2. The molecule has 0 aromatic heterocycles. The van der Waals surface area contributed by atoms with Gasteiger partial charge in [0.2, 0.25) is 0 Å². The summed E-state index contributed by atoms with van der Waals surface area (Å²) in [7, 11) is 3.91. The standard InChI is InChI=1S/C17H18N2O2/c1-12(20)16-8-7-13(11-18)9-17(16)21-15-6-4-5-14(10-15)19(2)3/h4-10,12,20H,1-3H3. The summed E-state index contributed by atoms with van der Waals surface area (Å²) in [6, 6.07) is 14.7. The topological polar surface area (TPSA) is 56.5 Å². The molecular formula is C17H18N2O2. The van der Waals surface area contributed by atoms with Gasteiger partial charge in [-0.2, -0.15) is 5.26 Å². The third-order valence-corrected chi connectivity index (χ3v) is 3.15. The molecule has 1 N–H and O–H groups in total. The minimum Gasteiger partial charge on any atom is -0.457 e. The number of hydrogen-bond acceptors (Lipinski definition) is 4. The predicted molar refractivity (Wildman–Crippen MR) is 82.6 cm³/mol. The highest BCUT2D eigenvalue weighted by molar-refractivity contribution is 5.51. The molecule has 0 bridgehead atoms. The van der Waals surface area contributed by atoms with Crippen molar-refractivity contribution in [1.82, 2.24) is 0 Å². The smallest absolute Gasteiger partial charge is 0.134 e. The van der Waals surface area contributed by atoms with E-state index in [4.69, 9.17) is 10.00 Å². The number of hydrogen-bond donors (Lipinski definition) is 1.